The molecule has 0 heterocycles. The second kappa shape index (κ2) is 6.32. The summed E-state index contributed by atoms with van der Waals surface area (Å²) in [6, 6.07) is 14.9. The van der Waals surface area contributed by atoms with E-state index in [0.717, 1.165) is 23.3 Å². The van der Waals surface area contributed by atoms with Crippen molar-refractivity contribution in [3.63, 3.8) is 0 Å². The summed E-state index contributed by atoms with van der Waals surface area (Å²) >= 11 is 0. The number of ether oxygens (including phenoxy) is 1. The van der Waals surface area contributed by atoms with Gasteiger partial charge in [0.25, 0.3) is 0 Å². The third-order valence-electron chi connectivity index (χ3n) is 4.35. The summed E-state index contributed by atoms with van der Waals surface area (Å²) in [5.41, 5.74) is 2.04. The van der Waals surface area contributed by atoms with Gasteiger partial charge in [0.2, 0.25) is 5.91 Å². The van der Waals surface area contributed by atoms with E-state index in [1.54, 1.807) is 30.2 Å². The summed E-state index contributed by atoms with van der Waals surface area (Å²) in [6.45, 7) is 0.502. The van der Waals surface area contributed by atoms with Gasteiger partial charge in [-0.15, -0.1) is 0 Å². The lowest BCUT2D eigenvalue weighted by Gasteiger charge is -2.18. The molecule has 0 radical (unpaired) electrons. The van der Waals surface area contributed by atoms with E-state index >= 15 is 0 Å². The number of phenols is 1. The van der Waals surface area contributed by atoms with Gasteiger partial charge in [-0.2, -0.15) is 0 Å². The van der Waals surface area contributed by atoms with Crippen LogP contribution in [0.3, 0.4) is 0 Å². The molecule has 120 valence electrons. The smallest absolute Gasteiger partial charge is 0.226 e. The first kappa shape index (κ1) is 15.4. The van der Waals surface area contributed by atoms with Crippen LogP contribution in [-0.4, -0.2) is 30.1 Å². The molecule has 2 aromatic rings. The first-order valence-electron chi connectivity index (χ1n) is 7.76. The molecular weight excluding hydrogens is 290 g/mol. The van der Waals surface area contributed by atoms with Gasteiger partial charge in [0.15, 0.2) is 0 Å². The summed E-state index contributed by atoms with van der Waals surface area (Å²) < 4.78 is 5.39. The van der Waals surface area contributed by atoms with Crippen LogP contribution in [0.1, 0.15) is 23.5 Å². The van der Waals surface area contributed by atoms with Crippen molar-refractivity contribution in [2.75, 3.05) is 14.2 Å². The molecule has 1 saturated carbocycles. The van der Waals surface area contributed by atoms with Gasteiger partial charge in [-0.1, -0.05) is 30.3 Å². The van der Waals surface area contributed by atoms with Crippen LogP contribution in [0.2, 0.25) is 0 Å². The van der Waals surface area contributed by atoms with Crippen LogP contribution in [0.5, 0.6) is 11.5 Å². The minimum Gasteiger partial charge on any atom is -0.508 e. The number of rotatable bonds is 5. The van der Waals surface area contributed by atoms with Gasteiger partial charge in [0.1, 0.15) is 11.5 Å². The third-order valence-corrected chi connectivity index (χ3v) is 4.35. The van der Waals surface area contributed by atoms with Crippen molar-refractivity contribution in [3.05, 3.63) is 59.7 Å². The number of hydrogen-bond acceptors (Lipinski definition) is 3. The summed E-state index contributed by atoms with van der Waals surface area (Å²) in [4.78, 5) is 14.3. The predicted molar refractivity (Wildman–Crippen MR) is 88.4 cm³/mol. The first-order valence-corrected chi connectivity index (χ1v) is 7.76. The summed E-state index contributed by atoms with van der Waals surface area (Å²) in [5.74, 6) is 1.48. The lowest BCUT2D eigenvalue weighted by atomic mass is 10.1. The minimum atomic E-state index is 0.0219. The molecule has 0 saturated heterocycles. The molecule has 0 spiro atoms. The monoisotopic (exact) mass is 311 g/mol. The van der Waals surface area contributed by atoms with Crippen molar-refractivity contribution in [2.24, 2.45) is 5.92 Å². The van der Waals surface area contributed by atoms with Crippen LogP contribution in [0, 0.1) is 5.92 Å². The molecular formula is C19H21NO3. The summed E-state index contributed by atoms with van der Waals surface area (Å²) in [6.07, 6.45) is 0.865. The molecule has 0 aromatic heterocycles. The van der Waals surface area contributed by atoms with Crippen LogP contribution < -0.4 is 4.74 Å². The second-order valence-electron chi connectivity index (χ2n) is 6.05. The third kappa shape index (κ3) is 3.31. The van der Waals surface area contributed by atoms with E-state index in [-0.39, 0.29) is 23.5 Å². The average molecular weight is 311 g/mol. The zero-order chi connectivity index (χ0) is 16.4. The first-order chi connectivity index (χ1) is 11.1. The van der Waals surface area contributed by atoms with Crippen molar-refractivity contribution in [3.8, 4) is 11.5 Å². The summed E-state index contributed by atoms with van der Waals surface area (Å²) in [5, 5.41) is 9.52. The molecule has 0 bridgehead atoms. The number of aromatic hydroxyl groups is 1. The Bertz CT molecular complexity index is 713. The number of nitrogens with zero attached hydrogens (tertiary/aromatic N) is 1. The molecule has 1 aliphatic carbocycles. The lowest BCUT2D eigenvalue weighted by molar-refractivity contribution is -0.131. The number of benzene rings is 2. The molecule has 4 nitrogen and oxygen atoms in total. The Morgan fingerprint density at radius 3 is 2.78 bits per heavy atom. The van der Waals surface area contributed by atoms with Crippen molar-refractivity contribution in [1.82, 2.24) is 4.90 Å². The van der Waals surface area contributed by atoms with Crippen LogP contribution >= 0.6 is 0 Å². The zero-order valence-corrected chi connectivity index (χ0v) is 13.4. The zero-order valence-electron chi connectivity index (χ0n) is 13.4. The predicted octanol–water partition coefficient (Wildman–Crippen LogP) is 3.16. The molecule has 4 heteroatoms. The molecule has 2 unspecified atom stereocenters. The Hall–Kier alpha value is -2.49. The maximum atomic E-state index is 12.6. The summed E-state index contributed by atoms with van der Waals surface area (Å²) in [7, 11) is 3.47. The minimum absolute atomic E-state index is 0.0219. The fourth-order valence-electron chi connectivity index (χ4n) is 3.07. The van der Waals surface area contributed by atoms with Crippen molar-refractivity contribution < 1.29 is 14.6 Å². The molecule has 23 heavy (non-hydrogen) atoms. The number of carbonyl (C=O) groups is 1. The van der Waals surface area contributed by atoms with E-state index in [2.05, 4.69) is 0 Å². The van der Waals surface area contributed by atoms with Crippen LogP contribution in [0.15, 0.2) is 48.5 Å². The van der Waals surface area contributed by atoms with Crippen LogP contribution in [-0.2, 0) is 11.3 Å². The molecule has 1 fully saturated rings. The van der Waals surface area contributed by atoms with E-state index in [1.165, 1.54) is 0 Å². The molecule has 2 atom stereocenters. The number of para-hydroxylation sites is 1. The number of hydrogen-bond donors (Lipinski definition) is 1. The average Bonchev–Trinajstić information content (AvgIpc) is 3.34. The van der Waals surface area contributed by atoms with Gasteiger partial charge >= 0.3 is 0 Å². The molecule has 1 N–H and O–H groups in total. The normalized spacial score (nSPS) is 19.2. The fraction of sp³-hybridized carbons (Fsp3) is 0.316. The highest BCUT2D eigenvalue weighted by Gasteiger charge is 2.46. The Morgan fingerprint density at radius 1 is 1.26 bits per heavy atom. The quantitative estimate of drug-likeness (QED) is 0.923. The molecule has 3 rings (SSSR count). The largest absolute Gasteiger partial charge is 0.508 e. The maximum Gasteiger partial charge on any atom is 0.226 e. The highest BCUT2D eigenvalue weighted by Crippen LogP contribution is 2.51. The Balaban J connectivity index is 1.65. The van der Waals surface area contributed by atoms with Gasteiger partial charge in [-0.3, -0.25) is 4.79 Å². The van der Waals surface area contributed by atoms with E-state index in [1.807, 2.05) is 37.4 Å². The molecule has 2 aromatic carbocycles. The lowest BCUT2D eigenvalue weighted by Crippen LogP contribution is -2.28. The van der Waals surface area contributed by atoms with Gasteiger partial charge in [0, 0.05) is 19.5 Å². The molecule has 1 amide bonds. The Kier molecular flexibility index (Phi) is 4.24. The number of phenolic OH excluding ortho intramolecular Hbond substituents is 1. The maximum absolute atomic E-state index is 12.6. The molecule has 1 aliphatic rings. The number of amides is 1. The van der Waals surface area contributed by atoms with Crippen molar-refractivity contribution >= 4 is 5.91 Å². The van der Waals surface area contributed by atoms with Crippen LogP contribution in [0.25, 0.3) is 0 Å². The second-order valence-corrected chi connectivity index (χ2v) is 6.05. The fourth-order valence-corrected chi connectivity index (χ4v) is 3.07. The standard InChI is InChI=1S/C19H21NO3/c1-20(12-13-6-5-7-14(21)10-13)19(22)17-11-16(17)15-8-3-4-9-18(15)23-2/h3-10,16-17,21H,11-12H2,1-2H3. The SMILES string of the molecule is COc1ccccc1C1CC1C(=O)N(C)Cc1cccc(O)c1. The van der Waals surface area contributed by atoms with Crippen LogP contribution in [0.4, 0.5) is 0 Å². The highest BCUT2D eigenvalue weighted by atomic mass is 16.5. The Labute approximate surface area is 136 Å². The van der Waals surface area contributed by atoms with Gasteiger partial charge in [-0.25, -0.2) is 0 Å². The number of methoxy groups -OCH3 is 1. The topological polar surface area (TPSA) is 49.8 Å². The molecule has 0 aliphatic heterocycles. The van der Waals surface area contributed by atoms with E-state index < -0.39 is 0 Å². The highest BCUT2D eigenvalue weighted by molar-refractivity contribution is 5.83. The van der Waals surface area contributed by atoms with Crippen molar-refractivity contribution in [2.45, 2.75) is 18.9 Å². The van der Waals surface area contributed by atoms with E-state index in [4.69, 9.17) is 4.74 Å². The number of carbonyl (C=O) groups excluding carboxylic acids is 1. The van der Waals surface area contributed by atoms with Gasteiger partial charge in [0.05, 0.1) is 7.11 Å². The van der Waals surface area contributed by atoms with E-state index in [0.29, 0.717) is 6.54 Å². The van der Waals surface area contributed by atoms with E-state index in [9.17, 15) is 9.90 Å². The van der Waals surface area contributed by atoms with Crippen molar-refractivity contribution in [1.29, 1.82) is 0 Å². The van der Waals surface area contributed by atoms with Gasteiger partial charge < -0.3 is 14.7 Å². The van der Waals surface area contributed by atoms with Gasteiger partial charge in [-0.05, 0) is 41.7 Å². The Morgan fingerprint density at radius 2 is 2.04 bits per heavy atom.